The number of rotatable bonds is 5. The topological polar surface area (TPSA) is 103 Å². The third-order valence-electron chi connectivity index (χ3n) is 3.81. The van der Waals surface area contributed by atoms with E-state index in [9.17, 15) is 9.59 Å². The lowest BCUT2D eigenvalue weighted by Crippen LogP contribution is -2.53. The molecular formula is C16H25N7O2. The maximum absolute atomic E-state index is 11.9. The Morgan fingerprint density at radius 1 is 1.16 bits per heavy atom. The Morgan fingerprint density at radius 2 is 1.88 bits per heavy atom. The molecule has 2 N–H and O–H groups in total. The highest BCUT2D eigenvalue weighted by molar-refractivity contribution is 5.91. The number of hydrogen-bond donors (Lipinski definition) is 2. The monoisotopic (exact) mass is 347 g/mol. The fourth-order valence-electron chi connectivity index (χ4n) is 2.50. The van der Waals surface area contributed by atoms with Crippen molar-refractivity contribution in [3.63, 3.8) is 0 Å². The quantitative estimate of drug-likeness (QED) is 0.416. The molecule has 0 aliphatic carbocycles. The van der Waals surface area contributed by atoms with E-state index >= 15 is 0 Å². The Morgan fingerprint density at radius 3 is 2.48 bits per heavy atom. The van der Waals surface area contributed by atoms with Crippen molar-refractivity contribution in [1.29, 1.82) is 0 Å². The smallest absolute Gasteiger partial charge is 0.271 e. The lowest BCUT2D eigenvalue weighted by molar-refractivity contribution is -0.130. The van der Waals surface area contributed by atoms with Crippen LogP contribution in [0.2, 0.25) is 0 Å². The van der Waals surface area contributed by atoms with Gasteiger partial charge in [-0.15, -0.1) is 0 Å². The minimum atomic E-state index is -0.261. The second-order valence-corrected chi connectivity index (χ2v) is 5.58. The minimum Gasteiger partial charge on any atom is -0.357 e. The zero-order valence-corrected chi connectivity index (χ0v) is 14.7. The van der Waals surface area contributed by atoms with Crippen molar-refractivity contribution in [2.45, 2.75) is 13.8 Å². The van der Waals surface area contributed by atoms with Gasteiger partial charge in [0.15, 0.2) is 5.96 Å². The van der Waals surface area contributed by atoms with E-state index in [4.69, 9.17) is 0 Å². The second-order valence-electron chi connectivity index (χ2n) is 5.58. The fourth-order valence-corrected chi connectivity index (χ4v) is 2.50. The molecule has 2 rings (SSSR count). The Balaban J connectivity index is 1.81. The van der Waals surface area contributed by atoms with Crippen molar-refractivity contribution >= 4 is 17.8 Å². The summed E-state index contributed by atoms with van der Waals surface area (Å²) in [6.45, 7) is 8.13. The summed E-state index contributed by atoms with van der Waals surface area (Å²) in [5, 5.41) is 6.03. The van der Waals surface area contributed by atoms with E-state index in [1.165, 1.54) is 18.6 Å². The number of aliphatic imine (C=N–C) groups is 1. The molecule has 0 radical (unpaired) electrons. The first-order valence-electron chi connectivity index (χ1n) is 8.44. The average Bonchev–Trinajstić information content (AvgIpc) is 2.65. The van der Waals surface area contributed by atoms with Gasteiger partial charge in [0.05, 0.1) is 12.7 Å². The molecule has 1 aromatic heterocycles. The van der Waals surface area contributed by atoms with Crippen LogP contribution < -0.4 is 10.6 Å². The van der Waals surface area contributed by atoms with E-state index in [0.717, 1.165) is 25.6 Å². The third-order valence-corrected chi connectivity index (χ3v) is 3.81. The molecule has 1 aliphatic rings. The Bertz CT molecular complexity index is 598. The normalized spacial score (nSPS) is 15.0. The van der Waals surface area contributed by atoms with Gasteiger partial charge in [0.1, 0.15) is 5.69 Å². The standard InChI is InChI=1S/C16H25N7O2/c1-3-18-16(23-10-8-22(9-11-23)13(2)24)21-7-6-20-15(25)14-12-17-4-5-19-14/h4-5,12H,3,6-11H2,1-2H3,(H,18,21)(H,20,25). The number of aromatic nitrogens is 2. The maximum Gasteiger partial charge on any atom is 0.271 e. The third kappa shape index (κ3) is 5.70. The van der Waals surface area contributed by atoms with Crippen LogP contribution >= 0.6 is 0 Å². The van der Waals surface area contributed by atoms with Gasteiger partial charge in [-0.2, -0.15) is 0 Å². The fraction of sp³-hybridized carbons (Fsp3) is 0.562. The van der Waals surface area contributed by atoms with Crippen LogP contribution in [0.15, 0.2) is 23.6 Å². The van der Waals surface area contributed by atoms with Gasteiger partial charge in [-0.25, -0.2) is 4.98 Å². The van der Waals surface area contributed by atoms with Crippen LogP contribution in [0.5, 0.6) is 0 Å². The molecule has 1 aliphatic heterocycles. The van der Waals surface area contributed by atoms with E-state index in [1.807, 2.05) is 11.8 Å². The summed E-state index contributed by atoms with van der Waals surface area (Å²) < 4.78 is 0. The number of carbonyl (C=O) groups excluding carboxylic acids is 2. The molecule has 0 unspecified atom stereocenters. The first-order valence-corrected chi connectivity index (χ1v) is 8.44. The van der Waals surface area contributed by atoms with Gasteiger partial charge in [0.25, 0.3) is 5.91 Å². The van der Waals surface area contributed by atoms with Crippen LogP contribution in [0.1, 0.15) is 24.3 Å². The molecule has 0 bridgehead atoms. The lowest BCUT2D eigenvalue weighted by atomic mass is 10.3. The van der Waals surface area contributed by atoms with Gasteiger partial charge in [0, 0.05) is 58.6 Å². The number of nitrogens with zero attached hydrogens (tertiary/aromatic N) is 5. The van der Waals surface area contributed by atoms with Crippen molar-refractivity contribution in [1.82, 2.24) is 30.4 Å². The molecule has 0 atom stereocenters. The molecule has 9 heteroatoms. The Labute approximate surface area is 147 Å². The van der Waals surface area contributed by atoms with Gasteiger partial charge in [-0.1, -0.05) is 0 Å². The summed E-state index contributed by atoms with van der Waals surface area (Å²) in [5.41, 5.74) is 0.291. The number of carbonyl (C=O) groups is 2. The highest BCUT2D eigenvalue weighted by Crippen LogP contribution is 2.02. The van der Waals surface area contributed by atoms with Crippen molar-refractivity contribution in [3.05, 3.63) is 24.3 Å². The molecule has 1 saturated heterocycles. The molecule has 1 fully saturated rings. The van der Waals surface area contributed by atoms with Crippen LogP contribution in [0.25, 0.3) is 0 Å². The molecule has 2 amide bonds. The van der Waals surface area contributed by atoms with E-state index in [1.54, 1.807) is 6.92 Å². The highest BCUT2D eigenvalue weighted by atomic mass is 16.2. The van der Waals surface area contributed by atoms with Crippen molar-refractivity contribution in [3.8, 4) is 0 Å². The van der Waals surface area contributed by atoms with E-state index in [0.29, 0.717) is 31.9 Å². The molecule has 0 saturated carbocycles. The molecule has 2 heterocycles. The highest BCUT2D eigenvalue weighted by Gasteiger charge is 2.20. The zero-order chi connectivity index (χ0) is 18.1. The van der Waals surface area contributed by atoms with E-state index < -0.39 is 0 Å². The van der Waals surface area contributed by atoms with Crippen LogP contribution in [0, 0.1) is 0 Å². The van der Waals surface area contributed by atoms with Gasteiger partial charge in [0.2, 0.25) is 5.91 Å². The Kier molecular flexibility index (Phi) is 7.12. The first kappa shape index (κ1) is 18.6. The first-order chi connectivity index (χ1) is 12.1. The Hall–Kier alpha value is -2.71. The van der Waals surface area contributed by atoms with Crippen LogP contribution in [0.3, 0.4) is 0 Å². The maximum atomic E-state index is 11.9. The second kappa shape index (κ2) is 9.55. The largest absolute Gasteiger partial charge is 0.357 e. The molecule has 136 valence electrons. The van der Waals surface area contributed by atoms with Crippen molar-refractivity contribution in [2.24, 2.45) is 4.99 Å². The summed E-state index contributed by atoms with van der Waals surface area (Å²) in [5.74, 6) is 0.649. The summed E-state index contributed by atoms with van der Waals surface area (Å²) in [7, 11) is 0. The minimum absolute atomic E-state index is 0.105. The molecule has 0 aromatic carbocycles. The van der Waals surface area contributed by atoms with Crippen LogP contribution in [0.4, 0.5) is 0 Å². The van der Waals surface area contributed by atoms with Crippen molar-refractivity contribution < 1.29 is 9.59 Å². The SMILES string of the molecule is CCNC(=NCCNC(=O)c1cnccn1)N1CCN(C(C)=O)CC1. The van der Waals surface area contributed by atoms with Crippen molar-refractivity contribution in [2.75, 3.05) is 45.8 Å². The van der Waals surface area contributed by atoms with Gasteiger partial charge >= 0.3 is 0 Å². The predicted molar refractivity (Wildman–Crippen MR) is 94.2 cm³/mol. The molecular weight excluding hydrogens is 322 g/mol. The summed E-state index contributed by atoms with van der Waals surface area (Å²) in [6, 6.07) is 0. The van der Waals surface area contributed by atoms with Crippen LogP contribution in [-0.4, -0.2) is 83.4 Å². The summed E-state index contributed by atoms with van der Waals surface area (Å²) in [4.78, 5) is 39.6. The van der Waals surface area contributed by atoms with Crippen LogP contribution in [-0.2, 0) is 4.79 Å². The number of piperazine rings is 1. The number of nitrogens with one attached hydrogen (secondary N) is 2. The summed E-state index contributed by atoms with van der Waals surface area (Å²) in [6.07, 6.45) is 4.43. The summed E-state index contributed by atoms with van der Waals surface area (Å²) >= 11 is 0. The molecule has 9 nitrogen and oxygen atoms in total. The number of hydrogen-bond acceptors (Lipinski definition) is 5. The van der Waals surface area contributed by atoms with E-state index in [2.05, 4.69) is 30.5 Å². The van der Waals surface area contributed by atoms with E-state index in [-0.39, 0.29) is 11.8 Å². The molecule has 1 aromatic rings. The number of guanidine groups is 1. The molecule has 25 heavy (non-hydrogen) atoms. The molecule has 0 spiro atoms. The van der Waals surface area contributed by atoms with Gasteiger partial charge in [-0.05, 0) is 6.92 Å². The average molecular weight is 347 g/mol. The lowest BCUT2D eigenvalue weighted by Gasteiger charge is -2.36. The van der Waals surface area contributed by atoms with Gasteiger partial charge in [-0.3, -0.25) is 19.6 Å². The van der Waals surface area contributed by atoms with Gasteiger partial charge < -0.3 is 20.4 Å². The predicted octanol–water partition coefficient (Wildman–Crippen LogP) is -0.664. The number of amides is 2. The zero-order valence-electron chi connectivity index (χ0n) is 14.7.